The molecule has 136 valence electrons. The summed E-state index contributed by atoms with van der Waals surface area (Å²) in [5.74, 6) is -1.42. The highest BCUT2D eigenvalue weighted by atomic mass is 19.1. The van der Waals surface area contributed by atoms with Gasteiger partial charge in [0.1, 0.15) is 11.4 Å². The number of aromatic nitrogens is 3. The fourth-order valence-electron chi connectivity index (χ4n) is 3.17. The summed E-state index contributed by atoms with van der Waals surface area (Å²) in [4.78, 5) is 24.8. The van der Waals surface area contributed by atoms with E-state index in [0.29, 0.717) is 12.1 Å². The van der Waals surface area contributed by atoms with Gasteiger partial charge >= 0.3 is 5.97 Å². The van der Waals surface area contributed by atoms with Crippen molar-refractivity contribution >= 4 is 27.8 Å². The van der Waals surface area contributed by atoms with Gasteiger partial charge in [-0.1, -0.05) is 12.1 Å². The van der Waals surface area contributed by atoms with Crippen LogP contribution in [0.15, 0.2) is 53.6 Å². The quantitative estimate of drug-likeness (QED) is 0.563. The maximum absolute atomic E-state index is 14.4. The lowest BCUT2D eigenvalue weighted by Gasteiger charge is -2.14. The molecule has 7 heteroatoms. The van der Waals surface area contributed by atoms with Crippen LogP contribution in [-0.4, -0.2) is 27.3 Å². The number of ether oxygens (including phenoxy) is 1. The highest BCUT2D eigenvalue weighted by Crippen LogP contribution is 2.19. The van der Waals surface area contributed by atoms with E-state index in [9.17, 15) is 14.0 Å². The molecule has 0 unspecified atom stereocenters. The van der Waals surface area contributed by atoms with Crippen LogP contribution in [0.3, 0.4) is 0 Å². The van der Waals surface area contributed by atoms with Crippen molar-refractivity contribution in [2.24, 2.45) is 0 Å². The molecule has 0 bridgehead atoms. The summed E-state index contributed by atoms with van der Waals surface area (Å²) >= 11 is 0. The minimum atomic E-state index is -0.758. The lowest BCUT2D eigenvalue weighted by Crippen LogP contribution is -2.22. The van der Waals surface area contributed by atoms with Gasteiger partial charge in [-0.3, -0.25) is 9.89 Å². The molecule has 0 aliphatic carbocycles. The van der Waals surface area contributed by atoms with Crippen LogP contribution in [0.5, 0.6) is 0 Å². The molecule has 0 amide bonds. The third-order valence-corrected chi connectivity index (χ3v) is 4.41. The molecule has 2 aromatic carbocycles. The summed E-state index contributed by atoms with van der Waals surface area (Å²) in [6.07, 6.45) is 3.15. The van der Waals surface area contributed by atoms with Crippen molar-refractivity contribution in [2.75, 3.05) is 6.61 Å². The van der Waals surface area contributed by atoms with Crippen molar-refractivity contribution in [2.45, 2.75) is 13.5 Å². The zero-order valence-electron chi connectivity index (χ0n) is 14.5. The molecule has 27 heavy (non-hydrogen) atoms. The Bertz CT molecular complexity index is 1230. The Morgan fingerprint density at radius 2 is 2.15 bits per heavy atom. The number of carbonyl (C=O) groups excluding carboxylic acids is 1. The van der Waals surface area contributed by atoms with E-state index < -0.39 is 17.2 Å². The van der Waals surface area contributed by atoms with Crippen molar-refractivity contribution < 1.29 is 13.9 Å². The SMILES string of the molecule is CCOC(=O)c1cn(Cc2ccc3[nH]ncc3c2)c2cccc(F)c2c1=O. The molecule has 2 aromatic heterocycles. The fraction of sp³-hybridized carbons (Fsp3) is 0.150. The molecule has 0 aliphatic heterocycles. The third-order valence-electron chi connectivity index (χ3n) is 4.41. The predicted octanol–water partition coefficient (Wildman–Crippen LogP) is 3.24. The zero-order valence-corrected chi connectivity index (χ0v) is 14.5. The highest BCUT2D eigenvalue weighted by Gasteiger charge is 2.19. The van der Waals surface area contributed by atoms with Gasteiger partial charge < -0.3 is 9.30 Å². The van der Waals surface area contributed by atoms with Crippen LogP contribution in [0.4, 0.5) is 4.39 Å². The lowest BCUT2D eigenvalue weighted by molar-refractivity contribution is 0.0524. The maximum atomic E-state index is 14.4. The molecule has 0 spiro atoms. The van der Waals surface area contributed by atoms with Gasteiger partial charge in [-0.15, -0.1) is 0 Å². The lowest BCUT2D eigenvalue weighted by atomic mass is 10.1. The molecule has 0 radical (unpaired) electrons. The number of pyridine rings is 1. The molecular weight excluding hydrogens is 349 g/mol. The van der Waals surface area contributed by atoms with Gasteiger partial charge in [-0.2, -0.15) is 5.10 Å². The van der Waals surface area contributed by atoms with Gasteiger partial charge in [-0.25, -0.2) is 9.18 Å². The molecule has 0 atom stereocenters. The van der Waals surface area contributed by atoms with Gasteiger partial charge in [0.05, 0.1) is 29.2 Å². The minimum absolute atomic E-state index is 0.118. The van der Waals surface area contributed by atoms with Crippen LogP contribution >= 0.6 is 0 Å². The largest absolute Gasteiger partial charge is 0.462 e. The average Bonchev–Trinajstić information content (AvgIpc) is 3.12. The standard InChI is InChI=1S/C20H16FN3O3/c1-2-27-20(26)14-11-24(17-5-3-4-15(21)18(17)19(14)25)10-12-6-7-16-13(8-12)9-22-23-16/h3-9,11H,2,10H2,1H3,(H,22,23). The summed E-state index contributed by atoms with van der Waals surface area (Å²) in [6, 6.07) is 10.2. The number of fused-ring (bicyclic) bond motifs is 2. The molecule has 6 nitrogen and oxygen atoms in total. The zero-order chi connectivity index (χ0) is 19.0. The number of rotatable bonds is 4. The Balaban J connectivity index is 1.90. The van der Waals surface area contributed by atoms with Crippen molar-refractivity contribution in [1.29, 1.82) is 0 Å². The van der Waals surface area contributed by atoms with Crippen LogP contribution in [0.2, 0.25) is 0 Å². The van der Waals surface area contributed by atoms with Gasteiger partial charge in [-0.05, 0) is 36.8 Å². The van der Waals surface area contributed by atoms with Crippen LogP contribution < -0.4 is 5.43 Å². The van der Waals surface area contributed by atoms with Gasteiger partial charge in [0.15, 0.2) is 0 Å². The monoisotopic (exact) mass is 365 g/mol. The minimum Gasteiger partial charge on any atom is -0.462 e. The molecule has 0 saturated carbocycles. The Kier molecular flexibility index (Phi) is 4.19. The normalized spacial score (nSPS) is 11.2. The second kappa shape index (κ2) is 6.68. The van der Waals surface area contributed by atoms with E-state index in [-0.39, 0.29) is 17.6 Å². The number of hydrogen-bond acceptors (Lipinski definition) is 4. The Morgan fingerprint density at radius 1 is 1.30 bits per heavy atom. The third kappa shape index (κ3) is 2.97. The first-order valence-corrected chi connectivity index (χ1v) is 8.49. The molecule has 4 aromatic rings. The summed E-state index contributed by atoms with van der Waals surface area (Å²) in [5, 5.41) is 7.70. The maximum Gasteiger partial charge on any atom is 0.343 e. The van der Waals surface area contributed by atoms with Crippen LogP contribution in [0.1, 0.15) is 22.8 Å². The van der Waals surface area contributed by atoms with E-state index in [1.807, 2.05) is 18.2 Å². The predicted molar refractivity (Wildman–Crippen MR) is 99.3 cm³/mol. The Morgan fingerprint density at radius 3 is 2.96 bits per heavy atom. The first kappa shape index (κ1) is 17.0. The van der Waals surface area contributed by atoms with Gasteiger partial charge in [0.25, 0.3) is 0 Å². The number of esters is 1. The summed E-state index contributed by atoms with van der Waals surface area (Å²) in [6.45, 7) is 2.14. The fourth-order valence-corrected chi connectivity index (χ4v) is 3.17. The number of hydrogen-bond donors (Lipinski definition) is 1. The number of aromatic amines is 1. The molecule has 1 N–H and O–H groups in total. The first-order chi connectivity index (χ1) is 13.1. The van der Waals surface area contributed by atoms with Gasteiger partial charge in [0.2, 0.25) is 5.43 Å². The molecule has 0 saturated heterocycles. The Hall–Kier alpha value is -3.48. The number of nitrogens with one attached hydrogen (secondary N) is 1. The number of halogens is 1. The molecular formula is C20H16FN3O3. The van der Waals surface area contributed by atoms with Crippen molar-refractivity contribution in [1.82, 2.24) is 14.8 Å². The highest BCUT2D eigenvalue weighted by molar-refractivity contribution is 5.94. The number of carbonyl (C=O) groups is 1. The second-order valence-electron chi connectivity index (χ2n) is 6.15. The summed E-state index contributed by atoms with van der Waals surface area (Å²) in [7, 11) is 0. The summed E-state index contributed by atoms with van der Waals surface area (Å²) < 4.78 is 21.0. The van der Waals surface area contributed by atoms with Crippen LogP contribution in [0, 0.1) is 5.82 Å². The smallest absolute Gasteiger partial charge is 0.343 e. The van der Waals surface area contributed by atoms with Crippen LogP contribution in [0.25, 0.3) is 21.8 Å². The second-order valence-corrected chi connectivity index (χ2v) is 6.15. The van der Waals surface area contributed by atoms with E-state index >= 15 is 0 Å². The Labute approximate surface area is 153 Å². The number of H-pyrrole nitrogens is 1. The van der Waals surface area contributed by atoms with Gasteiger partial charge in [0, 0.05) is 18.1 Å². The van der Waals surface area contributed by atoms with Crippen molar-refractivity contribution in [3.8, 4) is 0 Å². The van der Waals surface area contributed by atoms with E-state index in [2.05, 4.69) is 10.2 Å². The average molecular weight is 365 g/mol. The molecule has 4 rings (SSSR count). The van der Waals surface area contributed by atoms with E-state index in [4.69, 9.17) is 4.74 Å². The molecule has 2 heterocycles. The molecule has 0 aliphatic rings. The topological polar surface area (TPSA) is 77.0 Å². The number of nitrogens with zero attached hydrogens (tertiary/aromatic N) is 2. The summed E-state index contributed by atoms with van der Waals surface area (Å²) in [5.41, 5.74) is 1.40. The molecule has 0 fully saturated rings. The first-order valence-electron chi connectivity index (χ1n) is 8.49. The number of benzene rings is 2. The van der Waals surface area contributed by atoms with E-state index in [1.54, 1.807) is 23.8 Å². The van der Waals surface area contributed by atoms with Crippen molar-refractivity contribution in [3.05, 3.63) is 76.0 Å². The van der Waals surface area contributed by atoms with Crippen molar-refractivity contribution in [3.63, 3.8) is 0 Å². The van der Waals surface area contributed by atoms with Crippen LogP contribution in [-0.2, 0) is 11.3 Å². The van der Waals surface area contributed by atoms with E-state index in [1.165, 1.54) is 18.3 Å². The van der Waals surface area contributed by atoms with E-state index in [0.717, 1.165) is 16.5 Å².